The Morgan fingerprint density at radius 3 is 3.04 bits per heavy atom. The molecular weight excluding hydrogens is 308 g/mol. The van der Waals surface area contributed by atoms with Crippen molar-refractivity contribution >= 4 is 11.7 Å². The Labute approximate surface area is 140 Å². The van der Waals surface area contributed by atoms with Crippen LogP contribution in [0.3, 0.4) is 0 Å². The summed E-state index contributed by atoms with van der Waals surface area (Å²) < 4.78 is 7.36. The largest absolute Gasteiger partial charge is 0.379 e. The molecule has 2 aromatic heterocycles. The van der Waals surface area contributed by atoms with Crippen LogP contribution in [-0.4, -0.2) is 51.0 Å². The maximum atomic E-state index is 12.6. The van der Waals surface area contributed by atoms with E-state index in [-0.39, 0.29) is 18.0 Å². The fourth-order valence-corrected chi connectivity index (χ4v) is 2.85. The number of aromatic nitrogens is 4. The molecule has 1 aliphatic heterocycles. The Kier molecular flexibility index (Phi) is 5.05. The molecule has 3 rings (SSSR count). The van der Waals surface area contributed by atoms with Gasteiger partial charge in [-0.05, 0) is 26.3 Å². The third kappa shape index (κ3) is 3.53. The molecule has 0 spiro atoms. The van der Waals surface area contributed by atoms with Gasteiger partial charge in [-0.25, -0.2) is 9.97 Å². The second-order valence-corrected chi connectivity index (χ2v) is 5.75. The van der Waals surface area contributed by atoms with E-state index in [1.165, 1.54) is 6.33 Å². The van der Waals surface area contributed by atoms with Gasteiger partial charge in [0.1, 0.15) is 12.1 Å². The van der Waals surface area contributed by atoms with Gasteiger partial charge in [0.25, 0.3) is 5.91 Å². The van der Waals surface area contributed by atoms with Gasteiger partial charge in [0.2, 0.25) is 0 Å². The molecule has 1 amide bonds. The van der Waals surface area contributed by atoms with Crippen LogP contribution in [0, 0.1) is 6.92 Å². The van der Waals surface area contributed by atoms with E-state index in [1.807, 2.05) is 18.5 Å². The van der Waals surface area contributed by atoms with Gasteiger partial charge >= 0.3 is 0 Å². The molecule has 8 heteroatoms. The van der Waals surface area contributed by atoms with Gasteiger partial charge in [0.15, 0.2) is 0 Å². The monoisotopic (exact) mass is 330 g/mol. The van der Waals surface area contributed by atoms with Crippen molar-refractivity contribution in [2.45, 2.75) is 38.9 Å². The average Bonchev–Trinajstić information content (AvgIpc) is 2.98. The minimum atomic E-state index is -0.103. The zero-order valence-corrected chi connectivity index (χ0v) is 13.9. The first kappa shape index (κ1) is 16.4. The van der Waals surface area contributed by atoms with Crippen LogP contribution in [0.4, 0.5) is 5.82 Å². The minimum Gasteiger partial charge on any atom is -0.379 e. The Morgan fingerprint density at radius 2 is 2.33 bits per heavy atom. The fourth-order valence-electron chi connectivity index (χ4n) is 2.85. The van der Waals surface area contributed by atoms with Crippen LogP contribution in [0.25, 0.3) is 0 Å². The number of ether oxygens (including phenoxy) is 1. The van der Waals surface area contributed by atoms with E-state index in [9.17, 15) is 4.79 Å². The molecule has 2 atom stereocenters. The molecule has 0 saturated carbocycles. The highest BCUT2D eigenvalue weighted by Gasteiger charge is 2.28. The normalized spacial score (nSPS) is 20.6. The molecule has 1 aliphatic rings. The molecule has 3 heterocycles. The second kappa shape index (κ2) is 7.39. The van der Waals surface area contributed by atoms with Crippen molar-refractivity contribution in [2.24, 2.45) is 0 Å². The fraction of sp³-hybridized carbons (Fsp3) is 0.500. The predicted octanol–water partition coefficient (Wildman–Crippen LogP) is 1.00. The van der Waals surface area contributed by atoms with Crippen molar-refractivity contribution < 1.29 is 9.53 Å². The van der Waals surface area contributed by atoms with E-state index >= 15 is 0 Å². The summed E-state index contributed by atoms with van der Waals surface area (Å²) in [5, 5.41) is 10.6. The third-order valence-electron chi connectivity index (χ3n) is 4.24. The summed E-state index contributed by atoms with van der Waals surface area (Å²) in [6.07, 6.45) is 5.53. The zero-order chi connectivity index (χ0) is 16.9. The topological polar surface area (TPSA) is 94.0 Å². The Balaban J connectivity index is 1.69. The Hall–Kier alpha value is -2.48. The van der Waals surface area contributed by atoms with E-state index in [0.29, 0.717) is 18.8 Å². The van der Waals surface area contributed by atoms with Crippen molar-refractivity contribution in [1.29, 1.82) is 0 Å². The van der Waals surface area contributed by atoms with Gasteiger partial charge in [-0.2, -0.15) is 5.10 Å². The van der Waals surface area contributed by atoms with E-state index in [1.54, 1.807) is 18.5 Å². The molecule has 8 nitrogen and oxygen atoms in total. The number of amides is 1. The first-order valence-corrected chi connectivity index (χ1v) is 8.12. The standard InChI is InChI=1S/C16H22N6O2/c1-3-22-11(2)12(8-19-22)16(23)21-13-5-7-24-9-14(13)20-15-4-6-17-10-18-15/h4,6,8,10,13-14H,3,5,7,9H2,1-2H3,(H,21,23)(H,17,18,20)/t13-,14+/m0/s1. The molecule has 1 fully saturated rings. The lowest BCUT2D eigenvalue weighted by Crippen LogP contribution is -2.52. The van der Waals surface area contributed by atoms with Crippen LogP contribution in [0.5, 0.6) is 0 Å². The quantitative estimate of drug-likeness (QED) is 0.849. The molecular formula is C16H22N6O2. The Morgan fingerprint density at radius 1 is 1.46 bits per heavy atom. The van der Waals surface area contributed by atoms with Crippen LogP contribution in [0.1, 0.15) is 29.4 Å². The molecule has 128 valence electrons. The molecule has 0 aromatic carbocycles. The number of carbonyl (C=O) groups is 1. The molecule has 0 unspecified atom stereocenters. The first-order chi connectivity index (χ1) is 11.7. The molecule has 1 saturated heterocycles. The predicted molar refractivity (Wildman–Crippen MR) is 88.8 cm³/mol. The second-order valence-electron chi connectivity index (χ2n) is 5.75. The van der Waals surface area contributed by atoms with Crippen LogP contribution in [-0.2, 0) is 11.3 Å². The number of carbonyl (C=O) groups excluding carboxylic acids is 1. The van der Waals surface area contributed by atoms with Gasteiger partial charge in [-0.15, -0.1) is 0 Å². The summed E-state index contributed by atoms with van der Waals surface area (Å²) in [5.74, 6) is 0.614. The van der Waals surface area contributed by atoms with Crippen molar-refractivity contribution in [2.75, 3.05) is 18.5 Å². The summed E-state index contributed by atoms with van der Waals surface area (Å²) in [4.78, 5) is 20.7. The number of hydrogen-bond donors (Lipinski definition) is 2. The molecule has 2 N–H and O–H groups in total. The van der Waals surface area contributed by atoms with E-state index in [4.69, 9.17) is 4.74 Å². The number of hydrogen-bond acceptors (Lipinski definition) is 6. The SMILES string of the molecule is CCn1ncc(C(=O)N[C@H]2CCOC[C@H]2Nc2ccncn2)c1C. The number of aryl methyl sites for hydroxylation is 1. The van der Waals surface area contributed by atoms with Crippen molar-refractivity contribution in [3.63, 3.8) is 0 Å². The minimum absolute atomic E-state index is 0.0365. The Bertz CT molecular complexity index is 687. The van der Waals surface area contributed by atoms with Gasteiger partial charge in [-0.1, -0.05) is 0 Å². The van der Waals surface area contributed by atoms with Gasteiger partial charge in [0.05, 0.1) is 30.5 Å². The number of anilines is 1. The zero-order valence-electron chi connectivity index (χ0n) is 13.9. The lowest BCUT2D eigenvalue weighted by Gasteiger charge is -2.33. The molecule has 2 aromatic rings. The summed E-state index contributed by atoms with van der Waals surface area (Å²) in [6, 6.07) is 1.72. The summed E-state index contributed by atoms with van der Waals surface area (Å²) in [5.41, 5.74) is 1.49. The number of nitrogens with zero attached hydrogens (tertiary/aromatic N) is 4. The van der Waals surface area contributed by atoms with E-state index in [2.05, 4.69) is 25.7 Å². The van der Waals surface area contributed by atoms with Crippen LogP contribution >= 0.6 is 0 Å². The molecule has 0 aliphatic carbocycles. The van der Waals surface area contributed by atoms with Crippen LogP contribution in [0.2, 0.25) is 0 Å². The smallest absolute Gasteiger partial charge is 0.255 e. The van der Waals surface area contributed by atoms with Crippen molar-refractivity contribution in [3.8, 4) is 0 Å². The lowest BCUT2D eigenvalue weighted by molar-refractivity contribution is 0.0619. The maximum Gasteiger partial charge on any atom is 0.255 e. The van der Waals surface area contributed by atoms with Crippen molar-refractivity contribution in [1.82, 2.24) is 25.1 Å². The third-order valence-corrected chi connectivity index (χ3v) is 4.24. The van der Waals surface area contributed by atoms with Gasteiger partial charge in [0, 0.05) is 25.0 Å². The molecule has 0 bridgehead atoms. The highest BCUT2D eigenvalue weighted by atomic mass is 16.5. The summed E-state index contributed by atoms with van der Waals surface area (Å²) >= 11 is 0. The highest BCUT2D eigenvalue weighted by molar-refractivity contribution is 5.95. The first-order valence-electron chi connectivity index (χ1n) is 8.12. The summed E-state index contributed by atoms with van der Waals surface area (Å²) in [7, 11) is 0. The number of rotatable bonds is 5. The number of nitrogens with one attached hydrogen (secondary N) is 2. The molecule has 24 heavy (non-hydrogen) atoms. The maximum absolute atomic E-state index is 12.6. The lowest BCUT2D eigenvalue weighted by atomic mass is 10.0. The van der Waals surface area contributed by atoms with Crippen LogP contribution < -0.4 is 10.6 Å². The molecule has 0 radical (unpaired) electrons. The summed E-state index contributed by atoms with van der Waals surface area (Å²) in [6.45, 7) is 5.80. The van der Waals surface area contributed by atoms with Crippen molar-refractivity contribution in [3.05, 3.63) is 36.0 Å². The van der Waals surface area contributed by atoms with Gasteiger partial charge in [-0.3, -0.25) is 9.48 Å². The van der Waals surface area contributed by atoms with Gasteiger partial charge < -0.3 is 15.4 Å². The van der Waals surface area contributed by atoms with E-state index in [0.717, 1.165) is 24.5 Å². The van der Waals surface area contributed by atoms with Crippen LogP contribution in [0.15, 0.2) is 24.8 Å². The average molecular weight is 330 g/mol. The van der Waals surface area contributed by atoms with E-state index < -0.39 is 0 Å². The highest BCUT2D eigenvalue weighted by Crippen LogP contribution is 2.15.